The number of hydrogen-bond acceptors (Lipinski definition) is 10. The minimum absolute atomic E-state index is 0.00231. The molecule has 37 heavy (non-hydrogen) atoms. The number of aliphatic hydroxyl groups is 1. The second-order valence-electron chi connectivity index (χ2n) is 10.2. The largest absolute Gasteiger partial charge is 0.396 e. The van der Waals surface area contributed by atoms with Gasteiger partial charge in [-0.2, -0.15) is 4.98 Å². The van der Waals surface area contributed by atoms with E-state index >= 15 is 0 Å². The lowest BCUT2D eigenvalue weighted by molar-refractivity contribution is -0.158. The van der Waals surface area contributed by atoms with Crippen LogP contribution in [0.15, 0.2) is 35.7 Å². The molecule has 1 aliphatic carbocycles. The third-order valence-electron chi connectivity index (χ3n) is 7.11. The van der Waals surface area contributed by atoms with Gasteiger partial charge in [-0.1, -0.05) is 12.1 Å². The van der Waals surface area contributed by atoms with Crippen LogP contribution in [0.1, 0.15) is 36.4 Å². The first-order valence-corrected chi connectivity index (χ1v) is 14.3. The summed E-state index contributed by atoms with van der Waals surface area (Å²) in [6, 6.07) is 10.2. The van der Waals surface area contributed by atoms with Gasteiger partial charge >= 0.3 is 0 Å². The number of fused-ring (bicyclic) bond motifs is 2. The van der Waals surface area contributed by atoms with E-state index in [0.717, 1.165) is 32.9 Å². The molecule has 2 fully saturated rings. The van der Waals surface area contributed by atoms with Crippen molar-refractivity contribution in [3.05, 3.63) is 51.8 Å². The molecule has 1 aromatic carbocycles. The Kier molecular flexibility index (Phi) is 6.40. The van der Waals surface area contributed by atoms with E-state index in [1.165, 1.54) is 10.4 Å². The van der Waals surface area contributed by atoms with Crippen molar-refractivity contribution in [2.75, 3.05) is 17.2 Å². The monoisotopic (exact) mass is 537 g/mol. The van der Waals surface area contributed by atoms with Crippen molar-refractivity contribution in [2.45, 2.75) is 64.7 Å². The van der Waals surface area contributed by atoms with Gasteiger partial charge in [0.15, 0.2) is 5.79 Å². The highest BCUT2D eigenvalue weighted by molar-refractivity contribution is 7.21. The molecule has 4 aromatic rings. The summed E-state index contributed by atoms with van der Waals surface area (Å²) in [5.74, 6) is 0.589. The smallest absolute Gasteiger partial charge is 0.225 e. The number of thiophene rings is 1. The SMILES string of the molecule is Cc1ccsc1CNc1nc(C)c(-c2nc3ccccc3s2)c(N[C@@H]2C[C@H](CO)[C@H]3OC(C)(C)O[C@H]32)n1. The fourth-order valence-electron chi connectivity index (χ4n) is 5.32. The first-order valence-electron chi connectivity index (χ1n) is 12.6. The fourth-order valence-corrected chi connectivity index (χ4v) is 7.23. The molecule has 0 radical (unpaired) electrons. The van der Waals surface area contributed by atoms with E-state index < -0.39 is 5.79 Å². The van der Waals surface area contributed by atoms with Crippen LogP contribution in [0.4, 0.5) is 11.8 Å². The summed E-state index contributed by atoms with van der Waals surface area (Å²) in [6.07, 6.45) is 0.378. The number of para-hydroxylation sites is 1. The first kappa shape index (κ1) is 24.7. The molecule has 2 aliphatic rings. The number of hydrogen-bond donors (Lipinski definition) is 3. The lowest BCUT2D eigenvalue weighted by atomic mass is 10.1. The summed E-state index contributed by atoms with van der Waals surface area (Å²) >= 11 is 3.36. The van der Waals surface area contributed by atoms with Gasteiger partial charge in [-0.05, 0) is 63.3 Å². The van der Waals surface area contributed by atoms with Gasteiger partial charge in [0.2, 0.25) is 5.95 Å². The van der Waals surface area contributed by atoms with Crippen molar-refractivity contribution in [3.8, 4) is 10.6 Å². The molecule has 0 unspecified atom stereocenters. The van der Waals surface area contributed by atoms with Gasteiger partial charge in [-0.3, -0.25) is 0 Å². The summed E-state index contributed by atoms with van der Waals surface area (Å²) in [7, 11) is 0. The summed E-state index contributed by atoms with van der Waals surface area (Å²) in [5, 5.41) is 20.1. The zero-order valence-electron chi connectivity index (χ0n) is 21.3. The molecular formula is C27H31N5O3S2. The minimum Gasteiger partial charge on any atom is -0.396 e. The number of rotatable bonds is 7. The van der Waals surface area contributed by atoms with E-state index in [-0.39, 0.29) is 30.8 Å². The lowest BCUT2D eigenvalue weighted by Gasteiger charge is -2.25. The van der Waals surface area contributed by atoms with E-state index in [9.17, 15) is 5.11 Å². The Hall–Kier alpha value is -2.63. The normalized spacial score (nSPS) is 24.5. The van der Waals surface area contributed by atoms with Gasteiger partial charge in [0.1, 0.15) is 16.9 Å². The van der Waals surface area contributed by atoms with E-state index in [4.69, 9.17) is 24.4 Å². The van der Waals surface area contributed by atoms with Crippen LogP contribution in [-0.2, 0) is 16.0 Å². The van der Waals surface area contributed by atoms with Crippen molar-refractivity contribution < 1.29 is 14.6 Å². The number of thiazole rings is 1. The topological polar surface area (TPSA) is 101 Å². The molecule has 4 atom stereocenters. The highest BCUT2D eigenvalue weighted by Gasteiger charge is 2.54. The van der Waals surface area contributed by atoms with Crippen LogP contribution >= 0.6 is 22.7 Å². The van der Waals surface area contributed by atoms with Gasteiger partial charge in [-0.15, -0.1) is 22.7 Å². The predicted octanol–water partition coefficient (Wildman–Crippen LogP) is 5.36. The molecular weight excluding hydrogens is 506 g/mol. The Morgan fingerprint density at radius 2 is 1.89 bits per heavy atom. The molecule has 10 heteroatoms. The van der Waals surface area contributed by atoms with E-state index in [1.54, 1.807) is 22.7 Å². The third-order valence-corrected chi connectivity index (χ3v) is 9.19. The Labute approximate surface area is 224 Å². The molecule has 1 saturated carbocycles. The maximum atomic E-state index is 10.0. The quantitative estimate of drug-likeness (QED) is 0.290. The summed E-state index contributed by atoms with van der Waals surface area (Å²) in [4.78, 5) is 15.9. The van der Waals surface area contributed by atoms with Crippen LogP contribution in [0.2, 0.25) is 0 Å². The minimum atomic E-state index is -0.689. The van der Waals surface area contributed by atoms with Gasteiger partial charge in [-0.25, -0.2) is 9.97 Å². The number of nitrogens with zero attached hydrogens (tertiary/aromatic N) is 3. The zero-order chi connectivity index (χ0) is 25.7. The number of benzene rings is 1. The van der Waals surface area contributed by atoms with Crippen molar-refractivity contribution in [1.82, 2.24) is 15.0 Å². The third kappa shape index (κ3) is 4.72. The molecule has 0 spiro atoms. The van der Waals surface area contributed by atoms with Crippen LogP contribution < -0.4 is 10.6 Å². The lowest BCUT2D eigenvalue weighted by Crippen LogP contribution is -2.35. The van der Waals surface area contributed by atoms with Crippen LogP contribution in [0.25, 0.3) is 20.8 Å². The Morgan fingerprint density at radius 1 is 1.08 bits per heavy atom. The second-order valence-corrected chi connectivity index (χ2v) is 12.2. The van der Waals surface area contributed by atoms with Crippen LogP contribution in [-0.4, -0.2) is 50.7 Å². The van der Waals surface area contributed by atoms with E-state index in [1.807, 2.05) is 39.0 Å². The number of aryl methyl sites for hydroxylation is 2. The van der Waals surface area contributed by atoms with Crippen molar-refractivity contribution in [1.29, 1.82) is 0 Å². The predicted molar refractivity (Wildman–Crippen MR) is 148 cm³/mol. The molecule has 3 aromatic heterocycles. The van der Waals surface area contributed by atoms with Crippen LogP contribution in [0.3, 0.4) is 0 Å². The van der Waals surface area contributed by atoms with Gasteiger partial charge < -0.3 is 25.2 Å². The number of anilines is 2. The van der Waals surface area contributed by atoms with E-state index in [2.05, 4.69) is 35.1 Å². The summed E-state index contributed by atoms with van der Waals surface area (Å²) in [6.45, 7) is 8.68. The van der Waals surface area contributed by atoms with Gasteiger partial charge in [0.25, 0.3) is 0 Å². The molecule has 4 heterocycles. The maximum Gasteiger partial charge on any atom is 0.225 e. The number of ether oxygens (including phenoxy) is 2. The van der Waals surface area contributed by atoms with Gasteiger partial charge in [0, 0.05) is 17.4 Å². The molecule has 0 amide bonds. The molecule has 3 N–H and O–H groups in total. The van der Waals surface area contributed by atoms with Crippen molar-refractivity contribution in [2.24, 2.45) is 5.92 Å². The highest BCUT2D eigenvalue weighted by Crippen LogP contribution is 2.44. The fraction of sp³-hybridized carbons (Fsp3) is 0.444. The second kappa shape index (κ2) is 9.59. The number of aromatic nitrogens is 3. The van der Waals surface area contributed by atoms with Crippen molar-refractivity contribution in [3.63, 3.8) is 0 Å². The summed E-state index contributed by atoms with van der Waals surface area (Å²) < 4.78 is 13.6. The number of nitrogens with one attached hydrogen (secondary N) is 2. The average Bonchev–Trinajstić information content (AvgIpc) is 3.61. The standard InChI is InChI=1S/C27H31N5O3S2/c1-14-9-10-36-20(14)12-28-26-29-15(2)21(25-31-17-7-5-6-8-19(17)37-25)24(32-26)30-18-11-16(13-33)22-23(18)35-27(3,4)34-22/h5-10,16,18,22-23,33H,11-13H2,1-4H3,(H2,28,29,30,32)/t16-,18-,22-,23+/m1/s1. The average molecular weight is 538 g/mol. The maximum absolute atomic E-state index is 10.0. The molecule has 1 aliphatic heterocycles. The molecule has 194 valence electrons. The Morgan fingerprint density at radius 3 is 2.65 bits per heavy atom. The van der Waals surface area contributed by atoms with Crippen LogP contribution in [0.5, 0.6) is 0 Å². The summed E-state index contributed by atoms with van der Waals surface area (Å²) in [5.41, 5.74) is 3.95. The molecule has 1 saturated heterocycles. The highest BCUT2D eigenvalue weighted by atomic mass is 32.1. The van der Waals surface area contributed by atoms with Gasteiger partial charge in [0.05, 0.1) is 40.2 Å². The Balaban J connectivity index is 1.37. The van der Waals surface area contributed by atoms with E-state index in [0.29, 0.717) is 18.3 Å². The molecule has 8 nitrogen and oxygen atoms in total. The first-order chi connectivity index (χ1) is 17.8. The van der Waals surface area contributed by atoms with Crippen LogP contribution in [0, 0.1) is 19.8 Å². The number of aliphatic hydroxyl groups excluding tert-OH is 1. The Bertz CT molecular complexity index is 1400. The molecule has 6 rings (SSSR count). The zero-order valence-corrected chi connectivity index (χ0v) is 22.9. The molecule has 0 bridgehead atoms. The van der Waals surface area contributed by atoms with Crippen molar-refractivity contribution >= 4 is 44.7 Å².